The largest absolute Gasteiger partial charge is 0.477 e. The number of ether oxygens (including phenoxy) is 2. The third-order valence-corrected chi connectivity index (χ3v) is 3.18. The van der Waals surface area contributed by atoms with Gasteiger partial charge in [0.1, 0.15) is 0 Å². The first-order valence-electron chi connectivity index (χ1n) is 6.14. The van der Waals surface area contributed by atoms with Crippen LogP contribution in [-0.4, -0.2) is 31.9 Å². The molecule has 4 nitrogen and oxygen atoms in total. The monoisotopic (exact) mass is 236 g/mol. The van der Waals surface area contributed by atoms with Gasteiger partial charge in [-0.05, 0) is 26.5 Å². The molecule has 1 N–H and O–H groups in total. The molecule has 1 saturated heterocycles. The van der Waals surface area contributed by atoms with E-state index in [1.165, 1.54) is 0 Å². The Labute approximate surface area is 102 Å². The summed E-state index contributed by atoms with van der Waals surface area (Å²) in [6.07, 6.45) is 2.86. The second-order valence-corrected chi connectivity index (χ2v) is 4.45. The average Bonchev–Trinajstić information content (AvgIpc) is 2.89. The van der Waals surface area contributed by atoms with Crippen molar-refractivity contribution in [1.29, 1.82) is 0 Å². The first-order chi connectivity index (χ1) is 8.31. The highest BCUT2D eigenvalue weighted by molar-refractivity contribution is 5.28. The number of hydrogen-bond donors (Lipinski definition) is 1. The first kappa shape index (κ1) is 12.3. The van der Waals surface area contributed by atoms with Crippen LogP contribution in [-0.2, 0) is 4.74 Å². The highest BCUT2D eigenvalue weighted by Gasteiger charge is 2.18. The van der Waals surface area contributed by atoms with Crippen LogP contribution in [0.1, 0.15) is 24.9 Å². The van der Waals surface area contributed by atoms with Gasteiger partial charge in [-0.25, -0.2) is 4.98 Å². The minimum absolute atomic E-state index is 0.249. The molecule has 0 saturated carbocycles. The Morgan fingerprint density at radius 3 is 3.24 bits per heavy atom. The Hall–Kier alpha value is -1.13. The summed E-state index contributed by atoms with van der Waals surface area (Å²) in [6, 6.07) is 4.24. The molecular formula is C13H20N2O2. The van der Waals surface area contributed by atoms with Crippen molar-refractivity contribution in [3.63, 3.8) is 0 Å². The van der Waals surface area contributed by atoms with Gasteiger partial charge in [-0.3, -0.25) is 0 Å². The van der Waals surface area contributed by atoms with Crippen LogP contribution in [0.2, 0.25) is 0 Å². The molecule has 0 radical (unpaired) electrons. The van der Waals surface area contributed by atoms with Crippen LogP contribution in [0.25, 0.3) is 0 Å². The van der Waals surface area contributed by atoms with Gasteiger partial charge in [-0.15, -0.1) is 0 Å². The number of pyridine rings is 1. The Morgan fingerprint density at radius 2 is 2.53 bits per heavy atom. The minimum Gasteiger partial charge on any atom is -0.477 e. The molecule has 0 bridgehead atoms. The third-order valence-electron chi connectivity index (χ3n) is 3.18. The second-order valence-electron chi connectivity index (χ2n) is 4.45. The fourth-order valence-electron chi connectivity index (χ4n) is 1.92. The Bertz CT molecular complexity index is 351. The van der Waals surface area contributed by atoms with Gasteiger partial charge >= 0.3 is 0 Å². The van der Waals surface area contributed by atoms with Crippen LogP contribution in [0.5, 0.6) is 5.88 Å². The Kier molecular flexibility index (Phi) is 4.34. The molecule has 2 unspecified atom stereocenters. The summed E-state index contributed by atoms with van der Waals surface area (Å²) in [5.41, 5.74) is 1.11. The highest BCUT2D eigenvalue weighted by Crippen LogP contribution is 2.23. The van der Waals surface area contributed by atoms with Crippen molar-refractivity contribution >= 4 is 0 Å². The molecule has 0 spiro atoms. The minimum atomic E-state index is 0.249. The molecule has 0 aliphatic carbocycles. The molecule has 2 heterocycles. The van der Waals surface area contributed by atoms with Crippen LogP contribution < -0.4 is 10.1 Å². The van der Waals surface area contributed by atoms with Crippen molar-refractivity contribution in [3.05, 3.63) is 23.9 Å². The summed E-state index contributed by atoms with van der Waals surface area (Å²) in [5.74, 6) is 1.25. The lowest BCUT2D eigenvalue weighted by Crippen LogP contribution is -2.17. The van der Waals surface area contributed by atoms with Gasteiger partial charge in [0.05, 0.1) is 13.2 Å². The zero-order valence-electron chi connectivity index (χ0n) is 10.5. The quantitative estimate of drug-likeness (QED) is 0.846. The summed E-state index contributed by atoms with van der Waals surface area (Å²) in [5, 5.41) is 3.20. The average molecular weight is 236 g/mol. The highest BCUT2D eigenvalue weighted by atomic mass is 16.5. The Morgan fingerprint density at radius 1 is 1.65 bits per heavy atom. The summed E-state index contributed by atoms with van der Waals surface area (Å²) in [7, 11) is 1.94. The number of rotatable bonds is 5. The molecule has 0 aromatic carbocycles. The molecule has 1 aliphatic rings. The molecule has 1 aromatic rings. The van der Waals surface area contributed by atoms with Crippen molar-refractivity contribution in [1.82, 2.24) is 10.3 Å². The predicted octanol–water partition coefficient (Wildman–Crippen LogP) is 1.78. The van der Waals surface area contributed by atoms with Crippen LogP contribution >= 0.6 is 0 Å². The smallest absolute Gasteiger partial charge is 0.218 e. The lowest BCUT2D eigenvalue weighted by atomic mass is 10.1. The second kappa shape index (κ2) is 5.98. The van der Waals surface area contributed by atoms with Crippen LogP contribution in [0.4, 0.5) is 0 Å². The van der Waals surface area contributed by atoms with E-state index in [1.54, 1.807) is 6.20 Å². The molecule has 1 aliphatic heterocycles. The van der Waals surface area contributed by atoms with Crippen LogP contribution in [0, 0.1) is 5.92 Å². The molecule has 4 heteroatoms. The lowest BCUT2D eigenvalue weighted by molar-refractivity contribution is 0.165. The lowest BCUT2D eigenvalue weighted by Gasteiger charge is -2.16. The van der Waals surface area contributed by atoms with E-state index in [-0.39, 0.29) is 6.04 Å². The van der Waals surface area contributed by atoms with E-state index >= 15 is 0 Å². The maximum atomic E-state index is 5.81. The summed E-state index contributed by atoms with van der Waals surface area (Å²) < 4.78 is 11.1. The first-order valence-corrected chi connectivity index (χ1v) is 6.14. The van der Waals surface area contributed by atoms with Crippen molar-refractivity contribution < 1.29 is 9.47 Å². The number of nitrogens with zero attached hydrogens (tertiary/aromatic N) is 1. The molecule has 94 valence electrons. The van der Waals surface area contributed by atoms with E-state index < -0.39 is 0 Å². The van der Waals surface area contributed by atoms with E-state index in [4.69, 9.17) is 9.47 Å². The van der Waals surface area contributed by atoms with Crippen molar-refractivity contribution in [2.24, 2.45) is 5.92 Å². The maximum absolute atomic E-state index is 5.81. The molecule has 2 rings (SSSR count). The zero-order chi connectivity index (χ0) is 12.1. The van der Waals surface area contributed by atoms with E-state index in [9.17, 15) is 0 Å². The van der Waals surface area contributed by atoms with Crippen molar-refractivity contribution in [2.75, 3.05) is 26.9 Å². The van der Waals surface area contributed by atoms with Gasteiger partial charge in [-0.2, -0.15) is 0 Å². The third kappa shape index (κ3) is 3.17. The van der Waals surface area contributed by atoms with Gasteiger partial charge < -0.3 is 14.8 Å². The van der Waals surface area contributed by atoms with Crippen molar-refractivity contribution in [2.45, 2.75) is 19.4 Å². The van der Waals surface area contributed by atoms with Gasteiger partial charge in [-0.1, -0.05) is 6.07 Å². The molecular weight excluding hydrogens is 216 g/mol. The Balaban J connectivity index is 1.98. The fraction of sp³-hybridized carbons (Fsp3) is 0.615. The SMILES string of the molecule is CNC(C)c1cccnc1OCC1CCOC1. The van der Waals surface area contributed by atoms with Crippen molar-refractivity contribution in [3.8, 4) is 5.88 Å². The molecule has 1 aromatic heterocycles. The topological polar surface area (TPSA) is 43.4 Å². The summed E-state index contributed by atoms with van der Waals surface area (Å²) >= 11 is 0. The van der Waals surface area contributed by atoms with Gasteiger partial charge in [0.25, 0.3) is 0 Å². The number of nitrogens with one attached hydrogen (secondary N) is 1. The maximum Gasteiger partial charge on any atom is 0.218 e. The van der Waals surface area contributed by atoms with E-state index in [0.717, 1.165) is 31.1 Å². The van der Waals surface area contributed by atoms with E-state index in [2.05, 4.69) is 23.3 Å². The summed E-state index contributed by atoms with van der Waals surface area (Å²) in [6.45, 7) is 4.46. The zero-order valence-corrected chi connectivity index (χ0v) is 10.5. The van der Waals surface area contributed by atoms with E-state index in [0.29, 0.717) is 12.5 Å². The van der Waals surface area contributed by atoms with Gasteiger partial charge in [0.2, 0.25) is 5.88 Å². The molecule has 1 fully saturated rings. The number of hydrogen-bond acceptors (Lipinski definition) is 4. The van der Waals surface area contributed by atoms with E-state index in [1.807, 2.05) is 13.1 Å². The van der Waals surface area contributed by atoms with Gasteiger partial charge in [0, 0.05) is 30.3 Å². The van der Waals surface area contributed by atoms with Crippen LogP contribution in [0.3, 0.4) is 0 Å². The van der Waals surface area contributed by atoms with Gasteiger partial charge in [0.15, 0.2) is 0 Å². The molecule has 2 atom stereocenters. The molecule has 0 amide bonds. The standard InChI is InChI=1S/C13H20N2O2/c1-10(14-2)12-4-3-6-15-13(12)17-9-11-5-7-16-8-11/h3-4,6,10-11,14H,5,7-9H2,1-2H3. The predicted molar refractivity (Wildman–Crippen MR) is 66.1 cm³/mol. The normalized spacial score (nSPS) is 21.4. The fourth-order valence-corrected chi connectivity index (χ4v) is 1.92. The summed E-state index contributed by atoms with van der Waals surface area (Å²) in [4.78, 5) is 4.31. The molecule has 17 heavy (non-hydrogen) atoms. The number of aromatic nitrogens is 1. The van der Waals surface area contributed by atoms with Crippen LogP contribution in [0.15, 0.2) is 18.3 Å².